The zero-order valence-electron chi connectivity index (χ0n) is 10.9. The number of fused-ring (bicyclic) bond motifs is 1. The monoisotopic (exact) mass is 300 g/mol. The Bertz CT molecular complexity index is 655. The smallest absolute Gasteiger partial charge is 0.384 e. The summed E-state index contributed by atoms with van der Waals surface area (Å²) < 4.78 is 52.1. The molecular formula is C14H12F4N2O. The van der Waals surface area contributed by atoms with E-state index in [4.69, 9.17) is 0 Å². The normalized spacial score (nSPS) is 11.6. The molecule has 0 aliphatic carbocycles. The van der Waals surface area contributed by atoms with Crippen molar-refractivity contribution >= 4 is 22.9 Å². The lowest BCUT2D eigenvalue weighted by Gasteiger charge is -2.13. The molecule has 0 atom stereocenters. The van der Waals surface area contributed by atoms with Gasteiger partial charge in [-0.15, -0.1) is 0 Å². The molecule has 0 fully saturated rings. The van der Waals surface area contributed by atoms with Crippen molar-refractivity contribution in [2.75, 3.05) is 11.9 Å². The zero-order valence-corrected chi connectivity index (χ0v) is 10.9. The Labute approximate surface area is 118 Å². The van der Waals surface area contributed by atoms with Crippen molar-refractivity contribution in [1.29, 1.82) is 0 Å². The SMILES string of the molecule is O=CCCCNc1cc(C(F)(F)F)nc2c(F)cccc12. The van der Waals surface area contributed by atoms with Crippen LogP contribution >= 0.6 is 0 Å². The number of rotatable bonds is 5. The van der Waals surface area contributed by atoms with Crippen LogP contribution in [0.4, 0.5) is 23.2 Å². The third-order valence-corrected chi connectivity index (χ3v) is 2.89. The molecule has 7 heteroatoms. The van der Waals surface area contributed by atoms with E-state index in [1.165, 1.54) is 12.1 Å². The summed E-state index contributed by atoms with van der Waals surface area (Å²) >= 11 is 0. The summed E-state index contributed by atoms with van der Waals surface area (Å²) in [7, 11) is 0. The van der Waals surface area contributed by atoms with Gasteiger partial charge in [-0.3, -0.25) is 0 Å². The fourth-order valence-electron chi connectivity index (χ4n) is 1.91. The van der Waals surface area contributed by atoms with Gasteiger partial charge < -0.3 is 10.1 Å². The number of unbranched alkanes of at least 4 members (excludes halogenated alkanes) is 1. The lowest BCUT2D eigenvalue weighted by atomic mass is 10.1. The van der Waals surface area contributed by atoms with Crippen LogP contribution in [0.2, 0.25) is 0 Å². The minimum atomic E-state index is -4.66. The maximum atomic E-state index is 13.7. The summed E-state index contributed by atoms with van der Waals surface area (Å²) in [6.45, 7) is 0.311. The number of carbonyl (C=O) groups excluding carboxylic acids is 1. The van der Waals surface area contributed by atoms with Crippen molar-refractivity contribution in [1.82, 2.24) is 4.98 Å². The summed E-state index contributed by atoms with van der Waals surface area (Å²) in [5.74, 6) is -0.811. The van der Waals surface area contributed by atoms with Gasteiger partial charge in [0.05, 0.1) is 0 Å². The highest BCUT2D eigenvalue weighted by Gasteiger charge is 2.33. The molecule has 1 aromatic heterocycles. The summed E-state index contributed by atoms with van der Waals surface area (Å²) in [5.41, 5.74) is -1.33. The molecule has 0 amide bonds. The molecule has 1 aromatic carbocycles. The van der Waals surface area contributed by atoms with Crippen LogP contribution in [0.3, 0.4) is 0 Å². The highest BCUT2D eigenvalue weighted by Crippen LogP contribution is 2.33. The Hall–Kier alpha value is -2.18. The molecule has 0 spiro atoms. The first-order valence-corrected chi connectivity index (χ1v) is 6.27. The molecule has 1 N–H and O–H groups in total. The van der Waals surface area contributed by atoms with Crippen molar-refractivity contribution in [3.05, 3.63) is 35.8 Å². The van der Waals surface area contributed by atoms with Crippen LogP contribution in [0, 0.1) is 5.82 Å². The second-order valence-corrected chi connectivity index (χ2v) is 4.42. The Balaban J connectivity index is 2.45. The summed E-state index contributed by atoms with van der Waals surface area (Å²) in [5, 5.41) is 3.07. The Morgan fingerprint density at radius 2 is 2.05 bits per heavy atom. The van der Waals surface area contributed by atoms with E-state index in [0.717, 1.165) is 18.4 Å². The highest BCUT2D eigenvalue weighted by atomic mass is 19.4. The van der Waals surface area contributed by atoms with Gasteiger partial charge in [0.15, 0.2) is 0 Å². The van der Waals surface area contributed by atoms with Gasteiger partial charge in [-0.05, 0) is 18.6 Å². The molecule has 21 heavy (non-hydrogen) atoms. The second kappa shape index (κ2) is 6.07. The molecule has 0 radical (unpaired) electrons. The predicted octanol–water partition coefficient (Wildman–Crippen LogP) is 3.78. The van der Waals surface area contributed by atoms with Gasteiger partial charge in [-0.2, -0.15) is 13.2 Å². The van der Waals surface area contributed by atoms with Crippen LogP contribution in [0.1, 0.15) is 18.5 Å². The molecular weight excluding hydrogens is 288 g/mol. The van der Waals surface area contributed by atoms with Gasteiger partial charge in [0, 0.05) is 24.0 Å². The molecule has 112 valence electrons. The Kier molecular flexibility index (Phi) is 4.40. The number of benzene rings is 1. The Morgan fingerprint density at radius 3 is 2.71 bits per heavy atom. The maximum Gasteiger partial charge on any atom is 0.433 e. The average Bonchev–Trinajstić information content (AvgIpc) is 2.43. The highest BCUT2D eigenvalue weighted by molar-refractivity contribution is 5.91. The molecule has 2 aromatic rings. The van der Waals surface area contributed by atoms with E-state index < -0.39 is 17.7 Å². The van der Waals surface area contributed by atoms with Gasteiger partial charge in [0.25, 0.3) is 0 Å². The number of alkyl halides is 3. The third-order valence-electron chi connectivity index (χ3n) is 2.89. The van der Waals surface area contributed by atoms with E-state index in [2.05, 4.69) is 10.3 Å². The van der Waals surface area contributed by atoms with Gasteiger partial charge in [-0.25, -0.2) is 9.37 Å². The number of nitrogens with zero attached hydrogens (tertiary/aromatic N) is 1. The number of nitrogens with one attached hydrogen (secondary N) is 1. The fourth-order valence-corrected chi connectivity index (χ4v) is 1.91. The molecule has 0 bridgehead atoms. The number of aldehydes is 1. The molecule has 2 rings (SSSR count). The van der Waals surface area contributed by atoms with Crippen LogP contribution in [0.15, 0.2) is 24.3 Å². The summed E-state index contributed by atoms with van der Waals surface area (Å²) in [4.78, 5) is 13.6. The van der Waals surface area contributed by atoms with Gasteiger partial charge >= 0.3 is 6.18 Å². The van der Waals surface area contributed by atoms with E-state index in [9.17, 15) is 22.4 Å². The molecule has 0 unspecified atom stereocenters. The quantitative estimate of drug-likeness (QED) is 0.519. The first kappa shape index (κ1) is 15.2. The van der Waals surface area contributed by atoms with Crippen molar-refractivity contribution in [2.45, 2.75) is 19.0 Å². The first-order chi connectivity index (χ1) is 9.93. The minimum Gasteiger partial charge on any atom is -0.384 e. The van der Waals surface area contributed by atoms with Gasteiger partial charge in [-0.1, -0.05) is 12.1 Å². The number of hydrogen-bond donors (Lipinski definition) is 1. The molecule has 1 heterocycles. The van der Waals surface area contributed by atoms with E-state index in [1.807, 2.05) is 0 Å². The van der Waals surface area contributed by atoms with Gasteiger partial charge in [0.2, 0.25) is 0 Å². The molecule has 3 nitrogen and oxygen atoms in total. The average molecular weight is 300 g/mol. The number of pyridine rings is 1. The number of aromatic nitrogens is 1. The van der Waals surface area contributed by atoms with Crippen molar-refractivity contribution in [3.8, 4) is 0 Å². The van der Waals surface area contributed by atoms with Crippen LogP contribution in [0.25, 0.3) is 10.9 Å². The van der Waals surface area contributed by atoms with Crippen LogP contribution in [-0.4, -0.2) is 17.8 Å². The zero-order chi connectivity index (χ0) is 15.5. The van der Waals surface area contributed by atoms with E-state index in [-0.39, 0.29) is 16.6 Å². The number of para-hydroxylation sites is 1. The number of carbonyl (C=O) groups is 1. The standard InChI is InChI=1S/C14H12F4N2O/c15-10-5-3-4-9-11(19-6-1-2-7-21)8-12(14(16,17)18)20-13(9)10/h3-5,7-8H,1-2,6H2,(H,19,20). The molecule has 0 aliphatic heterocycles. The lowest BCUT2D eigenvalue weighted by molar-refractivity contribution is -0.140. The Morgan fingerprint density at radius 1 is 1.29 bits per heavy atom. The largest absolute Gasteiger partial charge is 0.433 e. The number of halogens is 4. The van der Waals surface area contributed by atoms with Crippen molar-refractivity contribution in [3.63, 3.8) is 0 Å². The van der Waals surface area contributed by atoms with Gasteiger partial charge in [0.1, 0.15) is 23.3 Å². The minimum absolute atomic E-state index is 0.151. The molecule has 0 aliphatic rings. The fraction of sp³-hybridized carbons (Fsp3) is 0.286. The third kappa shape index (κ3) is 3.48. The summed E-state index contributed by atoms with van der Waals surface area (Å²) in [6.07, 6.45) is -3.15. The van der Waals surface area contributed by atoms with Crippen LogP contribution < -0.4 is 5.32 Å². The number of hydrogen-bond acceptors (Lipinski definition) is 3. The first-order valence-electron chi connectivity index (χ1n) is 6.27. The maximum absolute atomic E-state index is 13.7. The van der Waals surface area contributed by atoms with Crippen molar-refractivity contribution < 1.29 is 22.4 Å². The van der Waals surface area contributed by atoms with Crippen LogP contribution in [0.5, 0.6) is 0 Å². The lowest BCUT2D eigenvalue weighted by Crippen LogP contribution is -2.11. The van der Waals surface area contributed by atoms with E-state index >= 15 is 0 Å². The predicted molar refractivity (Wildman–Crippen MR) is 70.5 cm³/mol. The number of anilines is 1. The summed E-state index contributed by atoms with van der Waals surface area (Å²) in [6, 6.07) is 4.81. The topological polar surface area (TPSA) is 42.0 Å². The van der Waals surface area contributed by atoms with Crippen molar-refractivity contribution in [2.24, 2.45) is 0 Å². The van der Waals surface area contributed by atoms with E-state index in [1.54, 1.807) is 0 Å². The molecule has 0 saturated carbocycles. The van der Waals surface area contributed by atoms with Crippen LogP contribution in [-0.2, 0) is 11.0 Å². The van der Waals surface area contributed by atoms with E-state index in [0.29, 0.717) is 19.4 Å². The second-order valence-electron chi connectivity index (χ2n) is 4.42. The molecule has 0 saturated heterocycles.